The highest BCUT2D eigenvalue weighted by atomic mass is 79.9. The smallest absolute Gasteiger partial charge is 0.177 e. The van der Waals surface area contributed by atoms with E-state index in [9.17, 15) is 0 Å². The van der Waals surface area contributed by atoms with E-state index >= 15 is 0 Å². The third-order valence-corrected chi connectivity index (χ3v) is 3.16. The molecule has 0 amide bonds. The van der Waals surface area contributed by atoms with Gasteiger partial charge in [0.15, 0.2) is 5.17 Å². The van der Waals surface area contributed by atoms with Gasteiger partial charge < -0.3 is 11.6 Å². The zero-order valence-corrected chi connectivity index (χ0v) is 10.2. The number of nitrogens with two attached hydrogens (primary N) is 2. The van der Waals surface area contributed by atoms with Crippen molar-refractivity contribution in [1.82, 2.24) is 0 Å². The molecule has 0 heterocycles. The van der Waals surface area contributed by atoms with Gasteiger partial charge in [-0.1, -0.05) is 33.8 Å². The molecule has 5 heteroatoms. The highest BCUT2D eigenvalue weighted by Gasteiger charge is 2.01. The first kappa shape index (κ1) is 11.4. The van der Waals surface area contributed by atoms with Gasteiger partial charge in [0, 0.05) is 10.2 Å². The van der Waals surface area contributed by atoms with Gasteiger partial charge in [-0.2, -0.15) is 5.10 Å². The number of nitrogens with zero attached hydrogens (tertiary/aromatic N) is 1. The summed E-state index contributed by atoms with van der Waals surface area (Å²) in [4.78, 5) is 0. The number of amidine groups is 1. The van der Waals surface area contributed by atoms with Gasteiger partial charge in [0.25, 0.3) is 0 Å². The first-order chi connectivity index (χ1) is 6.63. The Kier molecular flexibility index (Phi) is 4.28. The van der Waals surface area contributed by atoms with Crippen LogP contribution in [0.3, 0.4) is 0 Å². The van der Waals surface area contributed by atoms with E-state index in [0.717, 1.165) is 10.2 Å². The molecule has 14 heavy (non-hydrogen) atoms. The Hall–Kier alpha value is -0.680. The Morgan fingerprint density at radius 3 is 2.93 bits per heavy atom. The molecule has 4 N–H and O–H groups in total. The maximum Gasteiger partial charge on any atom is 0.177 e. The Morgan fingerprint density at radius 1 is 1.57 bits per heavy atom. The summed E-state index contributed by atoms with van der Waals surface area (Å²) in [5, 5.41) is 3.81. The van der Waals surface area contributed by atoms with Crippen LogP contribution in [0, 0.1) is 6.92 Å². The van der Waals surface area contributed by atoms with Crippen molar-refractivity contribution in [2.45, 2.75) is 12.7 Å². The standard InChI is InChI=1S/C9H12BrN3S/c1-6-2-3-8(10)4-7(6)5-14-9(11)13-12/h2-4H,5,12H2,1H3,(H2,11,13). The minimum Gasteiger partial charge on any atom is -0.377 e. The minimum absolute atomic E-state index is 0.407. The zero-order valence-electron chi connectivity index (χ0n) is 7.83. The minimum atomic E-state index is 0.407. The number of halogens is 1. The molecule has 1 rings (SSSR count). The number of thioether (sulfide) groups is 1. The Bertz CT molecular complexity index is 352. The summed E-state index contributed by atoms with van der Waals surface area (Å²) in [7, 11) is 0. The van der Waals surface area contributed by atoms with Crippen LogP contribution in [0.15, 0.2) is 27.8 Å². The van der Waals surface area contributed by atoms with Crippen LogP contribution < -0.4 is 11.6 Å². The largest absolute Gasteiger partial charge is 0.377 e. The van der Waals surface area contributed by atoms with E-state index in [1.807, 2.05) is 6.07 Å². The summed E-state index contributed by atoms with van der Waals surface area (Å²) >= 11 is 4.86. The van der Waals surface area contributed by atoms with Crippen LogP contribution >= 0.6 is 27.7 Å². The topological polar surface area (TPSA) is 64.4 Å². The molecule has 0 aliphatic heterocycles. The highest BCUT2D eigenvalue weighted by molar-refractivity contribution is 9.10. The van der Waals surface area contributed by atoms with Gasteiger partial charge in [0.2, 0.25) is 0 Å². The Morgan fingerprint density at radius 2 is 2.29 bits per heavy atom. The second-order valence-corrected chi connectivity index (χ2v) is 4.74. The molecular formula is C9H12BrN3S. The van der Waals surface area contributed by atoms with Crippen molar-refractivity contribution in [3.8, 4) is 0 Å². The van der Waals surface area contributed by atoms with Crippen LogP contribution in [0.5, 0.6) is 0 Å². The molecule has 1 aromatic carbocycles. The molecule has 0 aromatic heterocycles. The highest BCUT2D eigenvalue weighted by Crippen LogP contribution is 2.20. The van der Waals surface area contributed by atoms with Crippen molar-refractivity contribution in [3.05, 3.63) is 33.8 Å². The van der Waals surface area contributed by atoms with Crippen LogP contribution in [0.2, 0.25) is 0 Å². The average molecular weight is 274 g/mol. The van der Waals surface area contributed by atoms with Crippen molar-refractivity contribution < 1.29 is 0 Å². The molecule has 0 spiro atoms. The lowest BCUT2D eigenvalue weighted by Gasteiger charge is -2.05. The van der Waals surface area contributed by atoms with E-state index in [0.29, 0.717) is 5.17 Å². The van der Waals surface area contributed by atoms with Gasteiger partial charge in [0.1, 0.15) is 0 Å². The molecule has 0 fully saturated rings. The van der Waals surface area contributed by atoms with E-state index in [-0.39, 0.29) is 0 Å². The molecule has 0 aliphatic carbocycles. The summed E-state index contributed by atoms with van der Waals surface area (Å²) in [6.45, 7) is 2.07. The van der Waals surface area contributed by atoms with Crippen molar-refractivity contribution in [2.75, 3.05) is 0 Å². The van der Waals surface area contributed by atoms with E-state index < -0.39 is 0 Å². The predicted octanol–water partition coefficient (Wildman–Crippen LogP) is 2.18. The molecule has 76 valence electrons. The van der Waals surface area contributed by atoms with Crippen LogP contribution in [0.25, 0.3) is 0 Å². The molecule has 0 bridgehead atoms. The Labute approximate surface area is 96.1 Å². The third kappa shape index (κ3) is 3.23. The van der Waals surface area contributed by atoms with Gasteiger partial charge in [0.05, 0.1) is 0 Å². The lowest BCUT2D eigenvalue weighted by atomic mass is 10.1. The summed E-state index contributed by atoms with van der Waals surface area (Å²) < 4.78 is 1.07. The summed E-state index contributed by atoms with van der Waals surface area (Å²) in [5.41, 5.74) is 7.96. The number of aryl methyl sites for hydroxylation is 1. The maximum absolute atomic E-state index is 5.49. The van der Waals surface area contributed by atoms with Gasteiger partial charge in [-0.15, -0.1) is 0 Å². The SMILES string of the molecule is Cc1ccc(Br)cc1CS/C(N)=N/N. The van der Waals surface area contributed by atoms with Crippen molar-refractivity contribution in [3.63, 3.8) is 0 Å². The summed E-state index contributed by atoms with van der Waals surface area (Å²) in [5.74, 6) is 5.83. The molecule has 1 aromatic rings. The van der Waals surface area contributed by atoms with Crippen LogP contribution in [-0.4, -0.2) is 5.17 Å². The van der Waals surface area contributed by atoms with Crippen LogP contribution in [0.1, 0.15) is 11.1 Å². The lowest BCUT2D eigenvalue weighted by molar-refractivity contribution is 1.25. The van der Waals surface area contributed by atoms with Crippen molar-refractivity contribution >= 4 is 32.9 Å². The molecular weight excluding hydrogens is 262 g/mol. The maximum atomic E-state index is 5.49. The average Bonchev–Trinajstić information content (AvgIpc) is 2.19. The molecule has 0 atom stereocenters. The second kappa shape index (κ2) is 5.26. The fourth-order valence-electron chi connectivity index (χ4n) is 0.985. The van der Waals surface area contributed by atoms with E-state index in [4.69, 9.17) is 11.6 Å². The monoisotopic (exact) mass is 273 g/mol. The number of hydrazone groups is 1. The van der Waals surface area contributed by atoms with Crippen molar-refractivity contribution in [2.24, 2.45) is 16.7 Å². The molecule has 0 saturated heterocycles. The molecule has 0 aliphatic rings. The van der Waals surface area contributed by atoms with E-state index in [1.54, 1.807) is 0 Å². The van der Waals surface area contributed by atoms with E-state index in [1.165, 1.54) is 22.9 Å². The quantitative estimate of drug-likeness (QED) is 0.376. The van der Waals surface area contributed by atoms with Gasteiger partial charge in [-0.25, -0.2) is 0 Å². The molecule has 0 radical (unpaired) electrons. The predicted molar refractivity (Wildman–Crippen MR) is 66.0 cm³/mol. The number of hydrogen-bond acceptors (Lipinski definition) is 3. The molecule has 3 nitrogen and oxygen atoms in total. The first-order valence-corrected chi connectivity index (χ1v) is 5.82. The zero-order chi connectivity index (χ0) is 10.6. The normalized spacial score (nSPS) is 11.7. The molecule has 0 saturated carbocycles. The van der Waals surface area contributed by atoms with Gasteiger partial charge in [-0.05, 0) is 30.2 Å². The summed E-state index contributed by atoms with van der Waals surface area (Å²) in [6.07, 6.45) is 0. The fourth-order valence-corrected chi connectivity index (χ4v) is 2.08. The fraction of sp³-hybridized carbons (Fsp3) is 0.222. The Balaban J connectivity index is 2.71. The van der Waals surface area contributed by atoms with Gasteiger partial charge in [-0.3, -0.25) is 0 Å². The van der Waals surface area contributed by atoms with Crippen LogP contribution in [0.4, 0.5) is 0 Å². The first-order valence-electron chi connectivity index (χ1n) is 4.04. The van der Waals surface area contributed by atoms with Crippen molar-refractivity contribution in [1.29, 1.82) is 0 Å². The van der Waals surface area contributed by atoms with Crippen LogP contribution in [-0.2, 0) is 5.75 Å². The lowest BCUT2D eigenvalue weighted by Crippen LogP contribution is -2.09. The number of rotatable bonds is 2. The number of hydrogen-bond donors (Lipinski definition) is 2. The molecule has 0 unspecified atom stereocenters. The third-order valence-electron chi connectivity index (χ3n) is 1.81. The second-order valence-electron chi connectivity index (χ2n) is 2.83. The van der Waals surface area contributed by atoms with Gasteiger partial charge >= 0.3 is 0 Å². The number of benzene rings is 1. The van der Waals surface area contributed by atoms with E-state index in [2.05, 4.69) is 40.1 Å². The summed E-state index contributed by atoms with van der Waals surface area (Å²) in [6, 6.07) is 6.16.